The molecule has 17 heavy (non-hydrogen) atoms. The van der Waals surface area contributed by atoms with Crippen molar-refractivity contribution in [2.24, 2.45) is 5.92 Å². The van der Waals surface area contributed by atoms with Crippen LogP contribution in [0.2, 0.25) is 0 Å². The Kier molecular flexibility index (Phi) is 5.17. The Morgan fingerprint density at radius 1 is 1.24 bits per heavy atom. The van der Waals surface area contributed by atoms with Crippen LogP contribution in [-0.4, -0.2) is 21.5 Å². The molecule has 1 aliphatic carbocycles. The summed E-state index contributed by atoms with van der Waals surface area (Å²) in [5.41, 5.74) is 1.13. The van der Waals surface area contributed by atoms with Gasteiger partial charge in [-0.3, -0.25) is 4.68 Å². The highest BCUT2D eigenvalue weighted by Crippen LogP contribution is 2.27. The van der Waals surface area contributed by atoms with Gasteiger partial charge in [0, 0.05) is 18.0 Å². The Hall–Kier alpha value is -0.210. The molecule has 0 saturated heterocycles. The van der Waals surface area contributed by atoms with E-state index in [4.69, 9.17) is 23.2 Å². The van der Waals surface area contributed by atoms with Crippen molar-refractivity contribution in [3.8, 4) is 0 Å². The smallest absolute Gasteiger partial charge is 0.0628 e. The summed E-state index contributed by atoms with van der Waals surface area (Å²) in [5, 5.41) is 4.67. The van der Waals surface area contributed by atoms with E-state index in [1.807, 2.05) is 0 Å². The minimum absolute atomic E-state index is 0.341. The van der Waals surface area contributed by atoms with E-state index in [-0.39, 0.29) is 0 Å². The predicted molar refractivity (Wildman–Crippen MR) is 73.0 cm³/mol. The second kappa shape index (κ2) is 6.65. The van der Waals surface area contributed by atoms with Crippen LogP contribution < -0.4 is 0 Å². The van der Waals surface area contributed by atoms with Crippen LogP contribution in [0.15, 0.2) is 12.3 Å². The summed E-state index contributed by atoms with van der Waals surface area (Å²) in [7, 11) is 0. The molecule has 0 aromatic carbocycles. The third-order valence-corrected chi connectivity index (χ3v) is 4.42. The fourth-order valence-corrected chi connectivity index (χ4v) is 3.03. The highest BCUT2D eigenvalue weighted by Gasteiger charge is 2.16. The number of rotatable bonds is 5. The lowest BCUT2D eigenvalue weighted by atomic mass is 9.96. The van der Waals surface area contributed by atoms with Crippen LogP contribution in [-0.2, 0) is 6.42 Å². The van der Waals surface area contributed by atoms with E-state index in [0.717, 1.165) is 12.1 Å². The first kappa shape index (κ1) is 13.2. The molecule has 0 aliphatic heterocycles. The quantitative estimate of drug-likeness (QED) is 0.742. The lowest BCUT2D eigenvalue weighted by molar-refractivity contribution is 0.327. The van der Waals surface area contributed by atoms with Gasteiger partial charge >= 0.3 is 0 Å². The van der Waals surface area contributed by atoms with Gasteiger partial charge in [0.25, 0.3) is 0 Å². The van der Waals surface area contributed by atoms with E-state index < -0.39 is 0 Å². The fourth-order valence-electron chi connectivity index (χ4n) is 2.48. The van der Waals surface area contributed by atoms with Crippen LogP contribution in [0.4, 0.5) is 0 Å². The van der Waals surface area contributed by atoms with Crippen molar-refractivity contribution in [2.45, 2.75) is 44.6 Å². The summed E-state index contributed by atoms with van der Waals surface area (Å²) in [6.45, 7) is 0. The van der Waals surface area contributed by atoms with Gasteiger partial charge in [0.1, 0.15) is 0 Å². The summed E-state index contributed by atoms with van der Waals surface area (Å²) in [4.78, 5) is 0. The van der Waals surface area contributed by atoms with Gasteiger partial charge in [0.15, 0.2) is 0 Å². The molecule has 1 aromatic rings. The summed E-state index contributed by atoms with van der Waals surface area (Å²) >= 11 is 11.7. The molecule has 0 bridgehead atoms. The standard InChI is InChI=1S/C13H20Cl2N2/c14-9-11(10-15)8-12-6-7-17(16-12)13-4-2-1-3-5-13/h6-7,11,13H,1-5,8-10H2. The summed E-state index contributed by atoms with van der Waals surface area (Å²) < 4.78 is 2.15. The zero-order chi connectivity index (χ0) is 12.1. The van der Waals surface area contributed by atoms with E-state index >= 15 is 0 Å². The monoisotopic (exact) mass is 274 g/mol. The van der Waals surface area contributed by atoms with Crippen molar-refractivity contribution < 1.29 is 0 Å². The minimum atomic E-state index is 0.341. The molecule has 2 rings (SSSR count). The maximum Gasteiger partial charge on any atom is 0.0628 e. The third kappa shape index (κ3) is 3.62. The van der Waals surface area contributed by atoms with Crippen molar-refractivity contribution in [1.82, 2.24) is 9.78 Å². The predicted octanol–water partition coefficient (Wildman–Crippen LogP) is 4.02. The van der Waals surface area contributed by atoms with E-state index in [9.17, 15) is 0 Å². The average molecular weight is 275 g/mol. The first-order valence-electron chi connectivity index (χ1n) is 6.49. The molecule has 0 N–H and O–H groups in total. The summed E-state index contributed by atoms with van der Waals surface area (Å²) in [5.74, 6) is 1.56. The van der Waals surface area contributed by atoms with Crippen LogP contribution >= 0.6 is 23.2 Å². The number of alkyl halides is 2. The maximum atomic E-state index is 5.85. The Morgan fingerprint density at radius 2 is 1.94 bits per heavy atom. The molecule has 0 radical (unpaired) electrons. The molecule has 1 aromatic heterocycles. The molecule has 1 fully saturated rings. The highest BCUT2D eigenvalue weighted by molar-refractivity contribution is 6.20. The number of halogens is 2. The molecule has 0 atom stereocenters. The van der Waals surface area contributed by atoms with Crippen molar-refractivity contribution >= 4 is 23.2 Å². The van der Waals surface area contributed by atoms with Gasteiger partial charge in [0.2, 0.25) is 0 Å². The largest absolute Gasteiger partial charge is 0.269 e. The number of nitrogens with zero attached hydrogens (tertiary/aromatic N) is 2. The van der Waals surface area contributed by atoms with Gasteiger partial charge < -0.3 is 0 Å². The van der Waals surface area contributed by atoms with Crippen molar-refractivity contribution in [3.63, 3.8) is 0 Å². The first-order chi connectivity index (χ1) is 8.33. The Bertz CT molecular complexity index is 328. The topological polar surface area (TPSA) is 17.8 Å². The lowest BCUT2D eigenvalue weighted by Crippen LogP contribution is -2.14. The van der Waals surface area contributed by atoms with Gasteiger partial charge in [0.05, 0.1) is 11.7 Å². The SMILES string of the molecule is ClCC(CCl)Cc1ccn(C2CCCCC2)n1. The van der Waals surface area contributed by atoms with Crippen LogP contribution in [0.25, 0.3) is 0 Å². The van der Waals surface area contributed by atoms with Gasteiger partial charge in [-0.1, -0.05) is 19.3 Å². The van der Waals surface area contributed by atoms with Crippen LogP contribution in [0.1, 0.15) is 43.8 Å². The molecule has 96 valence electrons. The van der Waals surface area contributed by atoms with Gasteiger partial charge in [-0.2, -0.15) is 5.10 Å². The molecule has 1 saturated carbocycles. The molecule has 0 amide bonds. The number of aromatic nitrogens is 2. The van der Waals surface area contributed by atoms with E-state index in [0.29, 0.717) is 23.7 Å². The number of hydrogen-bond donors (Lipinski definition) is 0. The highest BCUT2D eigenvalue weighted by atomic mass is 35.5. The van der Waals surface area contributed by atoms with Crippen LogP contribution in [0.5, 0.6) is 0 Å². The van der Waals surface area contributed by atoms with Crippen LogP contribution in [0, 0.1) is 5.92 Å². The molecular formula is C13H20Cl2N2. The van der Waals surface area contributed by atoms with Crippen molar-refractivity contribution in [1.29, 1.82) is 0 Å². The zero-order valence-electron chi connectivity index (χ0n) is 10.1. The molecular weight excluding hydrogens is 255 g/mol. The second-order valence-electron chi connectivity index (χ2n) is 4.96. The Labute approximate surface area is 113 Å². The maximum absolute atomic E-state index is 5.85. The molecule has 0 unspecified atom stereocenters. The van der Waals surface area contributed by atoms with E-state index in [2.05, 4.69) is 22.0 Å². The molecule has 1 aliphatic rings. The third-order valence-electron chi connectivity index (χ3n) is 3.55. The molecule has 1 heterocycles. The fraction of sp³-hybridized carbons (Fsp3) is 0.769. The molecule has 0 spiro atoms. The van der Waals surface area contributed by atoms with E-state index in [1.54, 1.807) is 0 Å². The second-order valence-corrected chi connectivity index (χ2v) is 5.57. The Balaban J connectivity index is 1.94. The minimum Gasteiger partial charge on any atom is -0.269 e. The lowest BCUT2D eigenvalue weighted by Gasteiger charge is -2.21. The van der Waals surface area contributed by atoms with Crippen LogP contribution in [0.3, 0.4) is 0 Å². The van der Waals surface area contributed by atoms with Gasteiger partial charge in [-0.15, -0.1) is 23.2 Å². The summed E-state index contributed by atoms with van der Waals surface area (Å²) in [6.07, 6.45) is 9.62. The number of hydrogen-bond acceptors (Lipinski definition) is 1. The Morgan fingerprint density at radius 3 is 2.59 bits per heavy atom. The summed E-state index contributed by atoms with van der Waals surface area (Å²) in [6, 6.07) is 2.73. The zero-order valence-corrected chi connectivity index (χ0v) is 11.6. The normalized spacial score (nSPS) is 17.8. The van der Waals surface area contributed by atoms with Crippen molar-refractivity contribution in [3.05, 3.63) is 18.0 Å². The molecule has 4 heteroatoms. The van der Waals surface area contributed by atoms with E-state index in [1.165, 1.54) is 32.1 Å². The van der Waals surface area contributed by atoms with Gasteiger partial charge in [-0.05, 0) is 31.2 Å². The molecule has 2 nitrogen and oxygen atoms in total. The first-order valence-corrected chi connectivity index (χ1v) is 7.56. The van der Waals surface area contributed by atoms with Crippen molar-refractivity contribution in [2.75, 3.05) is 11.8 Å². The average Bonchev–Trinajstić information content (AvgIpc) is 2.85. The van der Waals surface area contributed by atoms with Gasteiger partial charge in [-0.25, -0.2) is 0 Å².